The van der Waals surface area contributed by atoms with Gasteiger partial charge in [-0.25, -0.2) is 13.9 Å². The highest BCUT2D eigenvalue weighted by atomic mass is 32.2. The van der Waals surface area contributed by atoms with Crippen LogP contribution in [-0.2, 0) is 19.4 Å². The lowest BCUT2D eigenvalue weighted by Crippen LogP contribution is -2.54. The number of piperazine rings is 1. The Morgan fingerprint density at radius 2 is 1.84 bits per heavy atom. The molecule has 2 aliphatic rings. The maximum absolute atomic E-state index is 12.9. The summed E-state index contributed by atoms with van der Waals surface area (Å²) >= 11 is 0. The lowest BCUT2D eigenvalue weighted by atomic mass is 10.1. The highest BCUT2D eigenvalue weighted by molar-refractivity contribution is 7.91. The number of nitrogens with zero attached hydrogens (tertiary/aromatic N) is 3. The van der Waals surface area contributed by atoms with Crippen LogP contribution in [0.5, 0.6) is 0 Å². The Labute approximate surface area is 183 Å². The summed E-state index contributed by atoms with van der Waals surface area (Å²) in [4.78, 5) is 29.9. The second-order valence-corrected chi connectivity index (χ2v) is 10.2. The summed E-state index contributed by atoms with van der Waals surface area (Å²) in [6, 6.07) is 7.63. The minimum absolute atomic E-state index is 0.0389. The monoisotopic (exact) mass is 450 g/mol. The van der Waals surface area contributed by atoms with Gasteiger partial charge in [0.25, 0.3) is 5.91 Å². The van der Waals surface area contributed by atoms with Crippen LogP contribution < -0.4 is 10.4 Å². The Hall–Kier alpha value is -2.43. The van der Waals surface area contributed by atoms with E-state index in [1.165, 1.54) is 12.3 Å². The zero-order valence-electron chi connectivity index (χ0n) is 17.7. The number of hydrogen-bond donors (Lipinski definition) is 2. The molecule has 1 aromatic carbocycles. The molecule has 1 unspecified atom stereocenters. The molecule has 170 valence electrons. The fraction of sp³-hybridized carbons (Fsp3) is 0.524. The predicted molar refractivity (Wildman–Crippen MR) is 118 cm³/mol. The smallest absolute Gasteiger partial charge is 0.267 e. The molecule has 2 aliphatic heterocycles. The first-order valence-corrected chi connectivity index (χ1v) is 12.4. The van der Waals surface area contributed by atoms with E-state index in [9.17, 15) is 18.0 Å². The van der Waals surface area contributed by atoms with Crippen LogP contribution in [-0.4, -0.2) is 86.1 Å². The molecule has 1 aromatic rings. The lowest BCUT2D eigenvalue weighted by Gasteiger charge is -2.39. The number of hydrogen-bond acceptors (Lipinski definition) is 7. The molecule has 31 heavy (non-hydrogen) atoms. The number of nitrogens with one attached hydrogen (secondary N) is 1. The summed E-state index contributed by atoms with van der Waals surface area (Å²) in [6.45, 7) is 3.13. The summed E-state index contributed by atoms with van der Waals surface area (Å²) in [5, 5.41) is 8.09. The van der Waals surface area contributed by atoms with Crippen molar-refractivity contribution in [1.82, 2.24) is 15.3 Å². The average molecular weight is 451 g/mol. The molecule has 0 saturated carbocycles. The number of amides is 2. The molecule has 3 rings (SSSR count). The molecule has 10 heteroatoms. The summed E-state index contributed by atoms with van der Waals surface area (Å²) < 4.78 is 24.2. The molecular formula is C21H30N4O5S. The molecule has 0 radical (unpaired) electrons. The zero-order chi connectivity index (χ0) is 22.4. The molecule has 1 atom stereocenters. The quantitative estimate of drug-likeness (QED) is 0.373. The average Bonchev–Trinajstić information content (AvgIpc) is 2.77. The van der Waals surface area contributed by atoms with Crippen molar-refractivity contribution in [3.8, 4) is 0 Å². The standard InChI is InChI=1S/C21H30N4O5S/c1-31(29,30)21-8-4-5-11-25(21)16-20(27)24-14-12-23(13-15-24)18-7-3-2-6-17(18)9-10-19(26)22-28/h2-3,6-7,9-10,21,28H,4-5,8,11-16H2,1H3,(H,22,26)/b10-9+. The second-order valence-electron chi connectivity index (χ2n) is 7.99. The van der Waals surface area contributed by atoms with Crippen LogP contribution in [0.15, 0.2) is 30.3 Å². The van der Waals surface area contributed by atoms with Crippen LogP contribution in [0.4, 0.5) is 5.69 Å². The molecule has 9 nitrogen and oxygen atoms in total. The summed E-state index contributed by atoms with van der Waals surface area (Å²) in [7, 11) is -3.22. The Morgan fingerprint density at radius 3 is 2.52 bits per heavy atom. The topological polar surface area (TPSA) is 110 Å². The van der Waals surface area contributed by atoms with Gasteiger partial charge >= 0.3 is 0 Å². The number of anilines is 1. The third-order valence-corrected chi connectivity index (χ3v) is 7.34. The number of piperidine rings is 1. The van der Waals surface area contributed by atoms with Crippen molar-refractivity contribution in [2.45, 2.75) is 24.6 Å². The van der Waals surface area contributed by atoms with Gasteiger partial charge in [-0.05, 0) is 43.5 Å². The first-order valence-electron chi connectivity index (χ1n) is 10.5. The van der Waals surface area contributed by atoms with Gasteiger partial charge in [0.1, 0.15) is 5.37 Å². The molecule has 2 fully saturated rings. The van der Waals surface area contributed by atoms with Crippen LogP contribution in [0.25, 0.3) is 6.08 Å². The van der Waals surface area contributed by atoms with Crippen molar-refractivity contribution in [2.75, 3.05) is 50.4 Å². The number of carbonyl (C=O) groups excluding carboxylic acids is 2. The van der Waals surface area contributed by atoms with E-state index in [1.807, 2.05) is 24.3 Å². The van der Waals surface area contributed by atoms with Crippen molar-refractivity contribution in [1.29, 1.82) is 0 Å². The van der Waals surface area contributed by atoms with Crippen LogP contribution in [0, 0.1) is 0 Å². The Balaban J connectivity index is 1.60. The summed E-state index contributed by atoms with van der Waals surface area (Å²) in [5.74, 6) is -0.640. The number of benzene rings is 1. The second kappa shape index (κ2) is 10.3. The fourth-order valence-electron chi connectivity index (χ4n) is 4.22. The van der Waals surface area contributed by atoms with Gasteiger partial charge in [-0.3, -0.25) is 19.7 Å². The van der Waals surface area contributed by atoms with E-state index in [-0.39, 0.29) is 12.5 Å². The highest BCUT2D eigenvalue weighted by Gasteiger charge is 2.33. The maximum Gasteiger partial charge on any atom is 0.267 e. The van der Waals surface area contributed by atoms with E-state index in [0.717, 1.165) is 24.1 Å². The number of sulfone groups is 1. The highest BCUT2D eigenvalue weighted by Crippen LogP contribution is 2.24. The van der Waals surface area contributed by atoms with Gasteiger partial charge in [0.2, 0.25) is 5.91 Å². The van der Waals surface area contributed by atoms with Gasteiger partial charge in [-0.15, -0.1) is 0 Å². The molecule has 2 amide bonds. The van der Waals surface area contributed by atoms with Crippen molar-refractivity contribution < 1.29 is 23.2 Å². The largest absolute Gasteiger partial charge is 0.367 e. The molecule has 0 spiro atoms. The number of hydroxylamine groups is 1. The zero-order valence-corrected chi connectivity index (χ0v) is 18.6. The molecule has 0 bridgehead atoms. The van der Waals surface area contributed by atoms with Crippen LogP contribution in [0.1, 0.15) is 24.8 Å². The van der Waals surface area contributed by atoms with Crippen molar-refractivity contribution in [2.24, 2.45) is 0 Å². The van der Waals surface area contributed by atoms with Gasteiger partial charge < -0.3 is 9.80 Å². The minimum atomic E-state index is -3.22. The summed E-state index contributed by atoms with van der Waals surface area (Å²) in [6.07, 6.45) is 6.50. The molecule has 2 N–H and O–H groups in total. The Bertz CT molecular complexity index is 925. The molecule has 2 heterocycles. The maximum atomic E-state index is 12.9. The van der Waals surface area contributed by atoms with Crippen molar-refractivity contribution in [3.63, 3.8) is 0 Å². The number of likely N-dealkylation sites (tertiary alicyclic amines) is 1. The van der Waals surface area contributed by atoms with E-state index in [2.05, 4.69) is 4.90 Å². The molecule has 0 aromatic heterocycles. The number of para-hydroxylation sites is 1. The number of carbonyl (C=O) groups is 2. The lowest BCUT2D eigenvalue weighted by molar-refractivity contribution is -0.133. The summed E-state index contributed by atoms with van der Waals surface area (Å²) in [5.41, 5.74) is 3.36. The fourth-order valence-corrected chi connectivity index (χ4v) is 5.53. The molecule has 2 saturated heterocycles. The van der Waals surface area contributed by atoms with Crippen molar-refractivity contribution in [3.05, 3.63) is 35.9 Å². The third-order valence-electron chi connectivity index (χ3n) is 5.82. The Kier molecular flexibility index (Phi) is 7.69. The SMILES string of the molecule is CS(=O)(=O)C1CCCCN1CC(=O)N1CCN(c2ccccc2/C=C/C(=O)NO)CC1. The first-order chi connectivity index (χ1) is 14.8. The van der Waals surface area contributed by atoms with Gasteiger partial charge in [0.05, 0.1) is 6.54 Å². The van der Waals surface area contributed by atoms with Gasteiger partial charge in [-0.1, -0.05) is 18.2 Å². The van der Waals surface area contributed by atoms with Crippen molar-refractivity contribution >= 4 is 33.4 Å². The van der Waals surface area contributed by atoms with E-state index >= 15 is 0 Å². The minimum Gasteiger partial charge on any atom is -0.367 e. The van der Waals surface area contributed by atoms with E-state index in [0.29, 0.717) is 39.1 Å². The van der Waals surface area contributed by atoms with E-state index in [1.54, 1.807) is 21.4 Å². The predicted octanol–water partition coefficient (Wildman–Crippen LogP) is 0.710. The molecule has 0 aliphatic carbocycles. The van der Waals surface area contributed by atoms with Gasteiger partial charge in [0.15, 0.2) is 9.84 Å². The van der Waals surface area contributed by atoms with Crippen LogP contribution in [0.2, 0.25) is 0 Å². The van der Waals surface area contributed by atoms with Gasteiger partial charge in [0, 0.05) is 44.2 Å². The first kappa shape index (κ1) is 23.2. The normalized spacial score (nSPS) is 20.8. The Morgan fingerprint density at radius 1 is 1.13 bits per heavy atom. The number of rotatable bonds is 6. The van der Waals surface area contributed by atoms with Gasteiger partial charge in [-0.2, -0.15) is 0 Å². The molecular weight excluding hydrogens is 420 g/mol. The van der Waals surface area contributed by atoms with E-state index in [4.69, 9.17) is 5.21 Å². The van der Waals surface area contributed by atoms with Crippen LogP contribution >= 0.6 is 0 Å². The van der Waals surface area contributed by atoms with Crippen LogP contribution in [0.3, 0.4) is 0 Å². The third kappa shape index (κ3) is 6.05. The van der Waals surface area contributed by atoms with E-state index < -0.39 is 21.1 Å².